The van der Waals surface area contributed by atoms with Crippen molar-refractivity contribution in [2.75, 3.05) is 17.6 Å². The summed E-state index contributed by atoms with van der Waals surface area (Å²) in [6.07, 6.45) is 2.95. The molecule has 4 bridgehead atoms. The van der Waals surface area contributed by atoms with Crippen LogP contribution >= 0.6 is 0 Å². The molecule has 3 aromatic rings. The number of carbonyl (C=O) groups excluding carboxylic acids is 1. The number of nitrogens with one attached hydrogen (secondary N) is 2. The van der Waals surface area contributed by atoms with Gasteiger partial charge in [-0.1, -0.05) is 0 Å². The van der Waals surface area contributed by atoms with Gasteiger partial charge in [-0.2, -0.15) is 9.61 Å². The van der Waals surface area contributed by atoms with Crippen molar-refractivity contribution in [1.29, 1.82) is 0 Å². The van der Waals surface area contributed by atoms with Crippen LogP contribution in [0.3, 0.4) is 0 Å². The fourth-order valence-electron chi connectivity index (χ4n) is 2.84. The summed E-state index contributed by atoms with van der Waals surface area (Å²) in [6.45, 7) is 0.518. The topological polar surface area (TPSA) is 118 Å². The van der Waals surface area contributed by atoms with Gasteiger partial charge in [0.05, 0.1) is 6.20 Å². The summed E-state index contributed by atoms with van der Waals surface area (Å²) in [5, 5.41) is 20.0. The molecule has 122 valence electrons. The van der Waals surface area contributed by atoms with E-state index in [-0.39, 0.29) is 11.7 Å². The van der Waals surface area contributed by atoms with Gasteiger partial charge in [0.2, 0.25) is 0 Å². The lowest BCUT2D eigenvalue weighted by Gasteiger charge is -2.10. The van der Waals surface area contributed by atoms with Crippen LogP contribution in [0.25, 0.3) is 5.65 Å². The van der Waals surface area contributed by atoms with Crippen molar-refractivity contribution in [2.45, 2.75) is 12.8 Å². The molecule has 0 spiro atoms. The molecule has 3 heterocycles. The molecular formula is C16H16N6O2. The molecule has 0 fully saturated rings. The van der Waals surface area contributed by atoms with Crippen molar-refractivity contribution in [2.24, 2.45) is 0 Å². The second-order valence-corrected chi connectivity index (χ2v) is 5.73. The number of benzene rings is 1. The number of amides is 1. The molecule has 1 aliphatic rings. The van der Waals surface area contributed by atoms with Gasteiger partial charge in [0, 0.05) is 24.4 Å². The third kappa shape index (κ3) is 2.47. The molecular weight excluding hydrogens is 308 g/mol. The van der Waals surface area contributed by atoms with E-state index in [1.807, 2.05) is 6.07 Å². The van der Waals surface area contributed by atoms with E-state index in [2.05, 4.69) is 20.7 Å². The van der Waals surface area contributed by atoms with Crippen LogP contribution in [0.2, 0.25) is 0 Å². The third-order valence-corrected chi connectivity index (χ3v) is 3.92. The summed E-state index contributed by atoms with van der Waals surface area (Å²) >= 11 is 0. The number of hydrogen-bond donors (Lipinski definition) is 4. The van der Waals surface area contributed by atoms with Crippen LogP contribution in [0, 0.1) is 0 Å². The molecule has 0 aliphatic carbocycles. The Morgan fingerprint density at radius 3 is 3.00 bits per heavy atom. The number of rotatable bonds is 0. The smallest absolute Gasteiger partial charge is 0.256 e. The van der Waals surface area contributed by atoms with Crippen molar-refractivity contribution in [3.8, 4) is 5.75 Å². The zero-order valence-electron chi connectivity index (χ0n) is 12.8. The molecule has 0 saturated carbocycles. The standard InChI is InChI=1S/C16H16N6O2/c17-13-7-14-20-10-4-9(5-11(23)6-10)2-1-3-18-16(24)12-8-19-22(13)15(12)21-14/h4-8,23H,1-3,17H2,(H,18,24)(H,20,21). The van der Waals surface area contributed by atoms with E-state index in [9.17, 15) is 9.90 Å². The summed E-state index contributed by atoms with van der Waals surface area (Å²) in [6, 6.07) is 6.90. The van der Waals surface area contributed by atoms with Crippen LogP contribution in [-0.2, 0) is 6.42 Å². The van der Waals surface area contributed by atoms with E-state index in [1.165, 1.54) is 10.7 Å². The summed E-state index contributed by atoms with van der Waals surface area (Å²) in [5.74, 6) is 0.776. The lowest BCUT2D eigenvalue weighted by Crippen LogP contribution is -2.24. The van der Waals surface area contributed by atoms with E-state index in [1.54, 1.807) is 18.2 Å². The van der Waals surface area contributed by atoms with Crippen LogP contribution in [0.1, 0.15) is 22.3 Å². The summed E-state index contributed by atoms with van der Waals surface area (Å²) in [4.78, 5) is 16.8. The van der Waals surface area contributed by atoms with Gasteiger partial charge in [-0.3, -0.25) is 4.79 Å². The SMILES string of the molecule is Nc1cc2nc3c(cnn13)C(=O)NCCCc1cc(O)cc(c1)N2. The number of aromatic hydroxyl groups is 1. The summed E-state index contributed by atoms with van der Waals surface area (Å²) in [5.41, 5.74) is 8.45. The first-order valence-electron chi connectivity index (χ1n) is 7.62. The van der Waals surface area contributed by atoms with E-state index in [4.69, 9.17) is 5.73 Å². The summed E-state index contributed by atoms with van der Waals surface area (Å²) in [7, 11) is 0. The molecule has 24 heavy (non-hydrogen) atoms. The number of nitrogen functional groups attached to an aromatic ring is 1. The Labute approximate surface area is 137 Å². The van der Waals surface area contributed by atoms with Crippen LogP contribution in [0.15, 0.2) is 30.5 Å². The van der Waals surface area contributed by atoms with Gasteiger partial charge in [-0.15, -0.1) is 0 Å². The lowest BCUT2D eigenvalue weighted by molar-refractivity contribution is 0.0954. The average Bonchev–Trinajstić information content (AvgIpc) is 2.94. The van der Waals surface area contributed by atoms with Gasteiger partial charge in [0.1, 0.15) is 22.9 Å². The molecule has 1 amide bonds. The number of fused-ring (bicyclic) bond motifs is 3. The van der Waals surface area contributed by atoms with E-state index in [0.717, 1.165) is 18.4 Å². The Bertz CT molecular complexity index is 949. The molecule has 1 aliphatic heterocycles. The minimum atomic E-state index is -0.233. The van der Waals surface area contributed by atoms with Gasteiger partial charge < -0.3 is 21.5 Å². The fraction of sp³-hybridized carbons (Fsp3) is 0.188. The highest BCUT2D eigenvalue weighted by molar-refractivity contribution is 6.00. The highest BCUT2D eigenvalue weighted by Crippen LogP contribution is 2.25. The highest BCUT2D eigenvalue weighted by atomic mass is 16.3. The van der Waals surface area contributed by atoms with Crippen molar-refractivity contribution >= 4 is 28.9 Å². The third-order valence-electron chi connectivity index (χ3n) is 3.92. The monoisotopic (exact) mass is 324 g/mol. The molecule has 2 aromatic heterocycles. The highest BCUT2D eigenvalue weighted by Gasteiger charge is 2.17. The number of nitrogens with two attached hydrogens (primary N) is 1. The second-order valence-electron chi connectivity index (χ2n) is 5.73. The van der Waals surface area contributed by atoms with Gasteiger partial charge in [0.15, 0.2) is 5.65 Å². The zero-order chi connectivity index (χ0) is 16.7. The molecule has 0 unspecified atom stereocenters. The number of phenolic OH excluding ortho intramolecular Hbond substituents is 1. The minimum absolute atomic E-state index is 0.174. The lowest BCUT2D eigenvalue weighted by atomic mass is 10.1. The molecule has 0 saturated heterocycles. The van der Waals surface area contributed by atoms with Gasteiger partial charge in [0.25, 0.3) is 5.91 Å². The van der Waals surface area contributed by atoms with Crippen molar-refractivity contribution in [3.05, 3.63) is 41.6 Å². The van der Waals surface area contributed by atoms with E-state index in [0.29, 0.717) is 35.1 Å². The predicted molar refractivity (Wildman–Crippen MR) is 89.4 cm³/mol. The number of aromatic nitrogens is 3. The molecule has 1 aromatic carbocycles. The number of aryl methyl sites for hydroxylation is 1. The molecule has 0 atom stereocenters. The van der Waals surface area contributed by atoms with Crippen LogP contribution in [-0.4, -0.2) is 32.2 Å². The average molecular weight is 324 g/mol. The number of hydrogen-bond acceptors (Lipinski definition) is 6. The Morgan fingerprint density at radius 1 is 1.25 bits per heavy atom. The molecule has 8 heteroatoms. The van der Waals surface area contributed by atoms with Gasteiger partial charge in [-0.05, 0) is 30.5 Å². The number of nitrogens with zero attached hydrogens (tertiary/aromatic N) is 3. The predicted octanol–water partition coefficient (Wildman–Crippen LogP) is 1.44. The first-order chi connectivity index (χ1) is 11.6. The number of carbonyl (C=O) groups is 1. The fourth-order valence-corrected chi connectivity index (χ4v) is 2.84. The first-order valence-corrected chi connectivity index (χ1v) is 7.62. The molecule has 4 rings (SSSR count). The maximum absolute atomic E-state index is 12.3. The number of anilines is 3. The maximum atomic E-state index is 12.3. The van der Waals surface area contributed by atoms with Crippen molar-refractivity contribution < 1.29 is 9.90 Å². The first kappa shape index (κ1) is 14.3. The Hall–Kier alpha value is -3.29. The molecule has 0 radical (unpaired) electrons. The van der Waals surface area contributed by atoms with Crippen LogP contribution < -0.4 is 16.4 Å². The molecule has 5 N–H and O–H groups in total. The maximum Gasteiger partial charge on any atom is 0.256 e. The van der Waals surface area contributed by atoms with Gasteiger partial charge in [-0.25, -0.2) is 4.98 Å². The largest absolute Gasteiger partial charge is 0.508 e. The Balaban J connectivity index is 1.88. The minimum Gasteiger partial charge on any atom is -0.508 e. The van der Waals surface area contributed by atoms with Gasteiger partial charge >= 0.3 is 0 Å². The normalized spacial score (nSPS) is 14.4. The van der Waals surface area contributed by atoms with Crippen molar-refractivity contribution in [3.63, 3.8) is 0 Å². The van der Waals surface area contributed by atoms with Crippen molar-refractivity contribution in [1.82, 2.24) is 19.9 Å². The van der Waals surface area contributed by atoms with E-state index >= 15 is 0 Å². The Morgan fingerprint density at radius 2 is 2.12 bits per heavy atom. The second kappa shape index (κ2) is 5.41. The zero-order valence-corrected chi connectivity index (χ0v) is 12.8. The van der Waals surface area contributed by atoms with E-state index < -0.39 is 0 Å². The van der Waals surface area contributed by atoms with Crippen LogP contribution in [0.5, 0.6) is 5.75 Å². The Kier molecular flexibility index (Phi) is 3.23. The summed E-state index contributed by atoms with van der Waals surface area (Å²) < 4.78 is 1.42. The number of phenols is 1. The van der Waals surface area contributed by atoms with Crippen LogP contribution in [0.4, 0.5) is 17.3 Å². The molecule has 8 nitrogen and oxygen atoms in total. The quantitative estimate of drug-likeness (QED) is 0.497.